The zero-order chi connectivity index (χ0) is 15.4. The standard InChI is InChI=1S/C16H17ClN4S/c1-2-3-4-14-9-21(20-19-14)10-15-11-22-16(18-15)12-5-7-13(17)8-6-12/h5-9,11H,2-4,10H2,1H3. The monoisotopic (exact) mass is 332 g/mol. The highest BCUT2D eigenvalue weighted by Gasteiger charge is 2.07. The molecule has 0 aliphatic heterocycles. The van der Waals surface area contributed by atoms with Gasteiger partial charge in [0.2, 0.25) is 0 Å². The number of thiazole rings is 1. The molecule has 0 atom stereocenters. The Hall–Kier alpha value is -1.72. The van der Waals surface area contributed by atoms with Gasteiger partial charge in [-0.25, -0.2) is 9.67 Å². The molecule has 2 heterocycles. The zero-order valence-corrected chi connectivity index (χ0v) is 13.9. The Balaban J connectivity index is 1.69. The molecule has 0 amide bonds. The van der Waals surface area contributed by atoms with Crippen molar-refractivity contribution < 1.29 is 0 Å². The summed E-state index contributed by atoms with van der Waals surface area (Å²) in [4.78, 5) is 4.66. The van der Waals surface area contributed by atoms with Gasteiger partial charge in [-0.1, -0.05) is 42.3 Å². The summed E-state index contributed by atoms with van der Waals surface area (Å²) in [5.74, 6) is 0. The average Bonchev–Trinajstić information content (AvgIpc) is 3.16. The number of aryl methyl sites for hydroxylation is 1. The van der Waals surface area contributed by atoms with Gasteiger partial charge < -0.3 is 0 Å². The van der Waals surface area contributed by atoms with Gasteiger partial charge in [0.25, 0.3) is 0 Å². The highest BCUT2D eigenvalue weighted by Crippen LogP contribution is 2.25. The maximum Gasteiger partial charge on any atom is 0.123 e. The first-order valence-electron chi connectivity index (χ1n) is 7.34. The Morgan fingerprint density at radius 2 is 2.00 bits per heavy atom. The van der Waals surface area contributed by atoms with Crippen LogP contribution in [0, 0.1) is 0 Å². The van der Waals surface area contributed by atoms with Gasteiger partial charge in [0.1, 0.15) is 5.01 Å². The predicted octanol–water partition coefficient (Wildman–Crippen LogP) is 4.45. The van der Waals surface area contributed by atoms with Crippen LogP contribution in [-0.4, -0.2) is 20.0 Å². The van der Waals surface area contributed by atoms with Crippen molar-refractivity contribution in [3.63, 3.8) is 0 Å². The molecule has 0 saturated heterocycles. The Morgan fingerprint density at radius 3 is 2.77 bits per heavy atom. The summed E-state index contributed by atoms with van der Waals surface area (Å²) in [6.07, 6.45) is 5.32. The number of aromatic nitrogens is 4. The fourth-order valence-corrected chi connectivity index (χ4v) is 3.10. The van der Waals surface area contributed by atoms with E-state index >= 15 is 0 Å². The Morgan fingerprint density at radius 1 is 1.18 bits per heavy atom. The molecule has 114 valence electrons. The third-order valence-electron chi connectivity index (χ3n) is 3.34. The maximum atomic E-state index is 5.91. The molecule has 0 aliphatic rings. The first-order valence-corrected chi connectivity index (χ1v) is 8.59. The van der Waals surface area contributed by atoms with E-state index < -0.39 is 0 Å². The second kappa shape index (κ2) is 7.03. The molecule has 0 fully saturated rings. The Bertz CT molecular complexity index is 733. The smallest absolute Gasteiger partial charge is 0.123 e. The number of hydrogen-bond donors (Lipinski definition) is 0. The van der Waals surface area contributed by atoms with Crippen LogP contribution >= 0.6 is 22.9 Å². The van der Waals surface area contributed by atoms with Crippen molar-refractivity contribution in [1.29, 1.82) is 0 Å². The first kappa shape index (κ1) is 15.2. The third kappa shape index (κ3) is 3.72. The van der Waals surface area contributed by atoms with Crippen LogP contribution in [0.3, 0.4) is 0 Å². The molecule has 3 rings (SSSR count). The number of benzene rings is 1. The average molecular weight is 333 g/mol. The van der Waals surface area contributed by atoms with E-state index in [2.05, 4.69) is 27.6 Å². The topological polar surface area (TPSA) is 43.6 Å². The van der Waals surface area contributed by atoms with Gasteiger partial charge in [-0.2, -0.15) is 0 Å². The molecule has 0 aliphatic carbocycles. The van der Waals surface area contributed by atoms with Crippen molar-refractivity contribution in [2.75, 3.05) is 0 Å². The molecule has 0 radical (unpaired) electrons. The lowest BCUT2D eigenvalue weighted by atomic mass is 10.2. The first-order chi connectivity index (χ1) is 10.7. The molecular formula is C16H17ClN4S. The summed E-state index contributed by atoms with van der Waals surface area (Å²) in [7, 11) is 0. The highest BCUT2D eigenvalue weighted by atomic mass is 35.5. The van der Waals surface area contributed by atoms with Gasteiger partial charge in [-0.3, -0.25) is 0 Å². The summed E-state index contributed by atoms with van der Waals surface area (Å²) < 4.78 is 1.85. The van der Waals surface area contributed by atoms with Gasteiger partial charge >= 0.3 is 0 Å². The predicted molar refractivity (Wildman–Crippen MR) is 90.3 cm³/mol. The normalized spacial score (nSPS) is 11.0. The van der Waals surface area contributed by atoms with Gasteiger partial charge in [0.15, 0.2) is 0 Å². The van der Waals surface area contributed by atoms with Crippen LogP contribution in [0.15, 0.2) is 35.8 Å². The fourth-order valence-electron chi connectivity index (χ4n) is 2.16. The maximum absolute atomic E-state index is 5.91. The van der Waals surface area contributed by atoms with Crippen molar-refractivity contribution in [2.45, 2.75) is 32.7 Å². The van der Waals surface area contributed by atoms with Crippen LogP contribution in [0.1, 0.15) is 31.2 Å². The van der Waals surface area contributed by atoms with Crippen LogP contribution in [0.4, 0.5) is 0 Å². The van der Waals surface area contributed by atoms with Gasteiger partial charge in [-0.05, 0) is 25.0 Å². The molecule has 0 saturated carbocycles. The van der Waals surface area contributed by atoms with Crippen LogP contribution in [0.25, 0.3) is 10.6 Å². The number of unbranched alkanes of at least 4 members (excludes halogenated alkanes) is 1. The minimum absolute atomic E-state index is 0.656. The number of nitrogens with zero attached hydrogens (tertiary/aromatic N) is 4. The number of rotatable bonds is 6. The van der Waals surface area contributed by atoms with E-state index in [1.54, 1.807) is 11.3 Å². The number of halogens is 1. The molecule has 4 nitrogen and oxygen atoms in total. The summed E-state index contributed by atoms with van der Waals surface area (Å²) in [5, 5.41) is 12.2. The zero-order valence-electron chi connectivity index (χ0n) is 12.4. The minimum atomic E-state index is 0.656. The van der Waals surface area contributed by atoms with Gasteiger partial charge in [0.05, 0.1) is 17.9 Å². The lowest BCUT2D eigenvalue weighted by Gasteiger charge is -1.97. The molecule has 0 bridgehead atoms. The second-order valence-electron chi connectivity index (χ2n) is 5.16. The van der Waals surface area contributed by atoms with E-state index in [1.165, 1.54) is 6.42 Å². The third-order valence-corrected chi connectivity index (χ3v) is 4.53. The van der Waals surface area contributed by atoms with Crippen molar-refractivity contribution in [3.8, 4) is 10.6 Å². The Labute approximate surface area is 138 Å². The number of hydrogen-bond acceptors (Lipinski definition) is 4. The molecule has 3 aromatic rings. The lowest BCUT2D eigenvalue weighted by molar-refractivity contribution is 0.640. The lowest BCUT2D eigenvalue weighted by Crippen LogP contribution is -2.00. The molecule has 1 aromatic carbocycles. The van der Waals surface area contributed by atoms with Crippen LogP contribution in [0.2, 0.25) is 5.02 Å². The van der Waals surface area contributed by atoms with E-state index in [-0.39, 0.29) is 0 Å². The fraction of sp³-hybridized carbons (Fsp3) is 0.312. The van der Waals surface area contributed by atoms with E-state index in [0.29, 0.717) is 6.54 Å². The minimum Gasteiger partial charge on any atom is -0.246 e. The molecule has 22 heavy (non-hydrogen) atoms. The van der Waals surface area contributed by atoms with Crippen LogP contribution < -0.4 is 0 Å². The van der Waals surface area contributed by atoms with Crippen molar-refractivity contribution in [2.24, 2.45) is 0 Å². The Kier molecular flexibility index (Phi) is 4.85. The molecular weight excluding hydrogens is 316 g/mol. The summed E-state index contributed by atoms with van der Waals surface area (Å²) in [6.45, 7) is 2.83. The van der Waals surface area contributed by atoms with Crippen molar-refractivity contribution in [3.05, 3.63) is 52.3 Å². The van der Waals surface area contributed by atoms with Crippen molar-refractivity contribution >= 4 is 22.9 Å². The molecule has 6 heteroatoms. The van der Waals surface area contributed by atoms with Crippen molar-refractivity contribution in [1.82, 2.24) is 20.0 Å². The summed E-state index contributed by atoms with van der Waals surface area (Å²) in [5.41, 5.74) is 3.14. The highest BCUT2D eigenvalue weighted by molar-refractivity contribution is 7.13. The SMILES string of the molecule is CCCCc1cn(Cc2csc(-c3ccc(Cl)cc3)n2)nn1. The van der Waals surface area contributed by atoms with Gasteiger partial charge in [0, 0.05) is 22.2 Å². The molecule has 2 aromatic heterocycles. The molecule has 0 N–H and O–H groups in total. The molecule has 0 unspecified atom stereocenters. The van der Waals surface area contributed by atoms with Crippen LogP contribution in [-0.2, 0) is 13.0 Å². The summed E-state index contributed by atoms with van der Waals surface area (Å²) in [6, 6.07) is 7.75. The van der Waals surface area contributed by atoms with E-state index in [0.717, 1.165) is 39.8 Å². The largest absolute Gasteiger partial charge is 0.246 e. The quantitative estimate of drug-likeness (QED) is 0.670. The van der Waals surface area contributed by atoms with E-state index in [4.69, 9.17) is 11.6 Å². The summed E-state index contributed by atoms with van der Waals surface area (Å²) >= 11 is 7.55. The van der Waals surface area contributed by atoms with Gasteiger partial charge in [-0.15, -0.1) is 16.4 Å². The van der Waals surface area contributed by atoms with E-state index in [1.807, 2.05) is 35.1 Å². The van der Waals surface area contributed by atoms with E-state index in [9.17, 15) is 0 Å². The van der Waals surface area contributed by atoms with Crippen LogP contribution in [0.5, 0.6) is 0 Å². The molecule has 0 spiro atoms. The second-order valence-corrected chi connectivity index (χ2v) is 6.46.